The molecule has 88 valence electrons. The quantitative estimate of drug-likeness (QED) is 0.831. The maximum absolute atomic E-state index is 6.20. The molecule has 0 aliphatic rings. The molecule has 0 bridgehead atoms. The van der Waals surface area contributed by atoms with Gasteiger partial charge in [-0.1, -0.05) is 11.6 Å². The lowest BCUT2D eigenvalue weighted by atomic mass is 10.2. The van der Waals surface area contributed by atoms with Crippen LogP contribution in [-0.4, -0.2) is 17.0 Å². The summed E-state index contributed by atoms with van der Waals surface area (Å²) in [6.07, 6.45) is 4.94. The molecule has 2 N–H and O–H groups in total. The zero-order valence-corrected chi connectivity index (χ0v) is 10.4. The van der Waals surface area contributed by atoms with Crippen LogP contribution in [0.15, 0.2) is 30.7 Å². The molecular weight excluding hydrogens is 236 g/mol. The van der Waals surface area contributed by atoms with E-state index in [1.807, 2.05) is 31.0 Å². The van der Waals surface area contributed by atoms with Gasteiger partial charge < -0.3 is 10.6 Å². The van der Waals surface area contributed by atoms with Crippen molar-refractivity contribution in [2.75, 3.05) is 17.7 Å². The molecule has 0 amide bonds. The zero-order valence-electron chi connectivity index (χ0n) is 9.68. The molecule has 0 saturated carbocycles. The molecule has 5 heteroatoms. The molecule has 2 rings (SSSR count). The molecule has 0 atom stereocenters. The summed E-state index contributed by atoms with van der Waals surface area (Å²) in [5.74, 6) is 0.722. The number of rotatable bonds is 2. The lowest BCUT2D eigenvalue weighted by Crippen LogP contribution is -2.12. The average molecular weight is 249 g/mol. The number of halogens is 1. The standard InChI is InChI=1S/C12H13ClN4/c1-8-5-9(14)12(13)10(6-8)17(2)11-7-15-3-4-16-11/h3-7H,14H2,1-2H3. The molecule has 0 unspecified atom stereocenters. The van der Waals surface area contributed by atoms with E-state index in [1.165, 1.54) is 0 Å². The summed E-state index contributed by atoms with van der Waals surface area (Å²) in [5.41, 5.74) is 8.29. The summed E-state index contributed by atoms with van der Waals surface area (Å²) in [7, 11) is 1.88. The number of benzene rings is 1. The Morgan fingerprint density at radius 3 is 2.71 bits per heavy atom. The van der Waals surface area contributed by atoms with Crippen molar-refractivity contribution in [2.24, 2.45) is 0 Å². The fourth-order valence-corrected chi connectivity index (χ4v) is 1.84. The lowest BCUT2D eigenvalue weighted by Gasteiger charge is -2.20. The van der Waals surface area contributed by atoms with Crippen LogP contribution in [0.1, 0.15) is 5.56 Å². The second-order valence-electron chi connectivity index (χ2n) is 3.81. The normalized spacial score (nSPS) is 10.3. The Hall–Kier alpha value is -1.81. The molecule has 0 spiro atoms. The van der Waals surface area contributed by atoms with E-state index in [9.17, 15) is 0 Å². The van der Waals surface area contributed by atoms with Crippen molar-refractivity contribution in [2.45, 2.75) is 6.92 Å². The summed E-state index contributed by atoms with van der Waals surface area (Å²) >= 11 is 6.20. The van der Waals surface area contributed by atoms with Crippen molar-refractivity contribution in [1.82, 2.24) is 9.97 Å². The predicted molar refractivity (Wildman–Crippen MR) is 70.7 cm³/mol. The average Bonchev–Trinajstić information content (AvgIpc) is 2.34. The Balaban J connectivity index is 2.48. The fraction of sp³-hybridized carbons (Fsp3) is 0.167. The molecule has 0 radical (unpaired) electrons. The Morgan fingerprint density at radius 2 is 2.06 bits per heavy atom. The molecule has 2 aromatic rings. The van der Waals surface area contributed by atoms with Crippen LogP contribution in [0.25, 0.3) is 0 Å². The van der Waals surface area contributed by atoms with Crippen LogP contribution in [0.2, 0.25) is 5.02 Å². The molecule has 0 saturated heterocycles. The SMILES string of the molecule is Cc1cc(N)c(Cl)c(N(C)c2cnccn2)c1. The first-order valence-corrected chi connectivity index (χ1v) is 5.52. The van der Waals surface area contributed by atoms with Crippen molar-refractivity contribution in [3.8, 4) is 0 Å². The van der Waals surface area contributed by atoms with E-state index < -0.39 is 0 Å². The third-order valence-electron chi connectivity index (χ3n) is 2.48. The molecule has 1 heterocycles. The van der Waals surface area contributed by atoms with Crippen LogP contribution in [0.4, 0.5) is 17.2 Å². The van der Waals surface area contributed by atoms with Gasteiger partial charge in [0.2, 0.25) is 0 Å². The first-order chi connectivity index (χ1) is 8.09. The first kappa shape index (κ1) is 11.7. The number of hydrogen-bond donors (Lipinski definition) is 1. The first-order valence-electron chi connectivity index (χ1n) is 5.15. The zero-order chi connectivity index (χ0) is 12.4. The Kier molecular flexibility index (Phi) is 3.15. The minimum Gasteiger partial charge on any atom is -0.397 e. The van der Waals surface area contributed by atoms with E-state index in [0.29, 0.717) is 10.7 Å². The maximum Gasteiger partial charge on any atom is 0.151 e. The van der Waals surface area contributed by atoms with Crippen molar-refractivity contribution >= 4 is 28.8 Å². The van der Waals surface area contributed by atoms with Gasteiger partial charge in [-0.05, 0) is 24.6 Å². The van der Waals surface area contributed by atoms with Gasteiger partial charge in [0.15, 0.2) is 5.82 Å². The number of aromatic nitrogens is 2. The van der Waals surface area contributed by atoms with E-state index in [-0.39, 0.29) is 0 Å². The minimum absolute atomic E-state index is 0.531. The van der Waals surface area contributed by atoms with Gasteiger partial charge in [0, 0.05) is 19.4 Å². The van der Waals surface area contributed by atoms with E-state index in [4.69, 9.17) is 17.3 Å². The van der Waals surface area contributed by atoms with E-state index >= 15 is 0 Å². The number of nitrogens with zero attached hydrogens (tertiary/aromatic N) is 3. The predicted octanol–water partition coefficient (Wildman–Crippen LogP) is 2.79. The Labute approximate surface area is 105 Å². The van der Waals surface area contributed by atoms with Gasteiger partial charge in [-0.25, -0.2) is 4.98 Å². The molecule has 0 aliphatic carbocycles. The van der Waals surface area contributed by atoms with E-state index in [2.05, 4.69) is 9.97 Å². The van der Waals surface area contributed by atoms with Crippen LogP contribution >= 0.6 is 11.6 Å². The summed E-state index contributed by atoms with van der Waals surface area (Å²) in [4.78, 5) is 10.1. The number of nitrogen functional groups attached to an aromatic ring is 1. The maximum atomic E-state index is 6.20. The summed E-state index contributed by atoms with van der Waals surface area (Å²) in [6, 6.07) is 3.81. The highest BCUT2D eigenvalue weighted by atomic mass is 35.5. The van der Waals surface area contributed by atoms with Gasteiger partial charge in [0.25, 0.3) is 0 Å². The number of aryl methyl sites for hydroxylation is 1. The topological polar surface area (TPSA) is 55.0 Å². The van der Waals surface area contributed by atoms with Gasteiger partial charge >= 0.3 is 0 Å². The highest BCUT2D eigenvalue weighted by molar-refractivity contribution is 6.36. The van der Waals surface area contributed by atoms with Crippen LogP contribution in [0, 0.1) is 6.92 Å². The van der Waals surface area contributed by atoms with Gasteiger partial charge in [-0.15, -0.1) is 0 Å². The summed E-state index contributed by atoms with van der Waals surface area (Å²) < 4.78 is 0. The Bertz CT molecular complexity index is 528. The highest BCUT2D eigenvalue weighted by Gasteiger charge is 2.12. The summed E-state index contributed by atoms with van der Waals surface area (Å²) in [6.45, 7) is 1.97. The molecule has 0 fully saturated rings. The second kappa shape index (κ2) is 4.59. The third-order valence-corrected chi connectivity index (χ3v) is 2.89. The highest BCUT2D eigenvalue weighted by Crippen LogP contribution is 2.34. The number of hydrogen-bond acceptors (Lipinski definition) is 4. The molecular formula is C12H13ClN4. The molecule has 17 heavy (non-hydrogen) atoms. The van der Waals surface area contributed by atoms with Crippen LogP contribution in [0.5, 0.6) is 0 Å². The smallest absolute Gasteiger partial charge is 0.151 e. The van der Waals surface area contributed by atoms with Crippen molar-refractivity contribution in [3.05, 3.63) is 41.3 Å². The van der Waals surface area contributed by atoms with E-state index in [0.717, 1.165) is 17.1 Å². The summed E-state index contributed by atoms with van der Waals surface area (Å²) in [5, 5.41) is 0.531. The molecule has 4 nitrogen and oxygen atoms in total. The number of anilines is 3. The van der Waals surface area contributed by atoms with Crippen LogP contribution in [0.3, 0.4) is 0 Å². The Morgan fingerprint density at radius 1 is 1.29 bits per heavy atom. The molecule has 1 aromatic heterocycles. The monoisotopic (exact) mass is 248 g/mol. The van der Waals surface area contributed by atoms with Crippen LogP contribution in [-0.2, 0) is 0 Å². The van der Waals surface area contributed by atoms with Crippen molar-refractivity contribution < 1.29 is 0 Å². The van der Waals surface area contributed by atoms with Gasteiger partial charge in [-0.2, -0.15) is 0 Å². The van der Waals surface area contributed by atoms with Crippen molar-refractivity contribution in [1.29, 1.82) is 0 Å². The molecule has 1 aromatic carbocycles. The minimum atomic E-state index is 0.531. The van der Waals surface area contributed by atoms with Gasteiger partial charge in [-0.3, -0.25) is 4.98 Å². The lowest BCUT2D eigenvalue weighted by molar-refractivity contribution is 1.09. The second-order valence-corrected chi connectivity index (χ2v) is 4.19. The van der Waals surface area contributed by atoms with Gasteiger partial charge in [0.1, 0.15) is 0 Å². The van der Waals surface area contributed by atoms with Crippen molar-refractivity contribution in [3.63, 3.8) is 0 Å². The van der Waals surface area contributed by atoms with Gasteiger partial charge in [0.05, 0.1) is 22.6 Å². The molecule has 0 aliphatic heterocycles. The van der Waals surface area contributed by atoms with E-state index in [1.54, 1.807) is 18.6 Å². The largest absolute Gasteiger partial charge is 0.397 e. The third kappa shape index (κ3) is 2.31. The van der Waals surface area contributed by atoms with Crippen LogP contribution < -0.4 is 10.6 Å². The number of nitrogens with two attached hydrogens (primary N) is 1. The fourth-order valence-electron chi connectivity index (χ4n) is 1.61.